The number of methoxy groups -OCH3 is 1. The van der Waals surface area contributed by atoms with Gasteiger partial charge in [-0.1, -0.05) is 48.0 Å². The van der Waals surface area contributed by atoms with E-state index in [1.807, 2.05) is 17.0 Å². The second kappa shape index (κ2) is 8.17. The molecule has 0 N–H and O–H groups in total. The molecule has 0 radical (unpaired) electrons. The first-order valence-corrected chi connectivity index (χ1v) is 10.8. The van der Waals surface area contributed by atoms with E-state index >= 15 is 0 Å². The van der Waals surface area contributed by atoms with Gasteiger partial charge in [-0.25, -0.2) is 4.90 Å². The number of ether oxygens (including phenoxy) is 1. The van der Waals surface area contributed by atoms with Gasteiger partial charge in [0.05, 0.1) is 18.4 Å². The maximum atomic E-state index is 13.7. The summed E-state index contributed by atoms with van der Waals surface area (Å²) in [5.41, 5.74) is 4.48. The Morgan fingerprint density at radius 3 is 2.22 bits per heavy atom. The van der Waals surface area contributed by atoms with Crippen LogP contribution in [0.15, 0.2) is 78.5 Å². The maximum Gasteiger partial charge on any atom is 0.282 e. The third kappa shape index (κ3) is 3.45. The van der Waals surface area contributed by atoms with E-state index in [0.29, 0.717) is 46.4 Å². The number of carbonyl (C=O) groups is 2. The molecule has 5 nitrogen and oxygen atoms in total. The fourth-order valence-electron chi connectivity index (χ4n) is 4.34. The number of benzene rings is 3. The van der Waals surface area contributed by atoms with Crippen molar-refractivity contribution in [1.82, 2.24) is 4.90 Å². The molecule has 5 rings (SSSR count). The number of rotatable bonds is 4. The van der Waals surface area contributed by atoms with E-state index in [4.69, 9.17) is 16.3 Å². The van der Waals surface area contributed by atoms with Crippen molar-refractivity contribution in [3.05, 3.63) is 100 Å². The molecule has 2 aliphatic heterocycles. The van der Waals surface area contributed by atoms with Crippen LogP contribution in [0.4, 0.5) is 5.69 Å². The van der Waals surface area contributed by atoms with Crippen molar-refractivity contribution in [2.24, 2.45) is 0 Å². The molecule has 0 fully saturated rings. The molecule has 0 saturated heterocycles. The average Bonchev–Trinajstić information content (AvgIpc) is 3.09. The summed E-state index contributed by atoms with van der Waals surface area (Å²) in [5.74, 6) is 0.00688. The highest BCUT2D eigenvalue weighted by molar-refractivity contribution is 6.45. The molecule has 32 heavy (non-hydrogen) atoms. The first-order valence-electron chi connectivity index (χ1n) is 10.4. The number of hydrogen-bond acceptors (Lipinski definition) is 4. The van der Waals surface area contributed by atoms with Gasteiger partial charge in [0.25, 0.3) is 11.8 Å². The lowest BCUT2D eigenvalue weighted by Crippen LogP contribution is -2.37. The van der Waals surface area contributed by atoms with Crippen molar-refractivity contribution in [3.63, 3.8) is 0 Å². The quantitative estimate of drug-likeness (QED) is 0.548. The van der Waals surface area contributed by atoms with E-state index < -0.39 is 0 Å². The maximum absolute atomic E-state index is 13.7. The Morgan fingerprint density at radius 2 is 1.53 bits per heavy atom. The molecule has 0 spiro atoms. The van der Waals surface area contributed by atoms with E-state index in [1.165, 1.54) is 16.0 Å². The van der Waals surface area contributed by atoms with E-state index in [0.717, 1.165) is 6.42 Å². The zero-order chi connectivity index (χ0) is 22.2. The van der Waals surface area contributed by atoms with Crippen LogP contribution in [0, 0.1) is 0 Å². The minimum absolute atomic E-state index is 0.315. The summed E-state index contributed by atoms with van der Waals surface area (Å²) in [7, 11) is 1.58. The van der Waals surface area contributed by atoms with Crippen molar-refractivity contribution < 1.29 is 14.3 Å². The summed E-state index contributed by atoms with van der Waals surface area (Å²) in [4.78, 5) is 30.6. The Bertz CT molecular complexity index is 1230. The normalized spacial score (nSPS) is 15.9. The highest BCUT2D eigenvalue weighted by Gasteiger charge is 2.43. The van der Waals surface area contributed by atoms with Crippen molar-refractivity contribution in [2.45, 2.75) is 13.0 Å². The number of fused-ring (bicyclic) bond motifs is 1. The van der Waals surface area contributed by atoms with Gasteiger partial charge in [-0.05, 0) is 59.5 Å². The van der Waals surface area contributed by atoms with Gasteiger partial charge >= 0.3 is 0 Å². The Labute approximate surface area is 191 Å². The standard InChI is InChI=1S/C26H21ClN2O3/c1-32-22-12-10-21(11-13-22)29-25(30)23(18-6-8-20(27)9-7-18)24(26(29)31)28-15-14-17-4-2-3-5-19(17)16-28/h2-13H,14-16H2,1H3. The zero-order valence-corrected chi connectivity index (χ0v) is 18.3. The van der Waals surface area contributed by atoms with E-state index in [9.17, 15) is 9.59 Å². The molecule has 0 aliphatic carbocycles. The second-order valence-electron chi connectivity index (χ2n) is 7.81. The summed E-state index contributed by atoms with van der Waals surface area (Å²) in [6.07, 6.45) is 0.817. The molecular weight excluding hydrogens is 424 g/mol. The molecule has 0 atom stereocenters. The highest BCUT2D eigenvalue weighted by Crippen LogP contribution is 2.37. The van der Waals surface area contributed by atoms with Gasteiger partial charge in [-0.15, -0.1) is 0 Å². The van der Waals surface area contributed by atoms with Crippen LogP contribution in [0.1, 0.15) is 16.7 Å². The fraction of sp³-hybridized carbons (Fsp3) is 0.154. The van der Waals surface area contributed by atoms with Gasteiger partial charge < -0.3 is 9.64 Å². The van der Waals surface area contributed by atoms with Crippen molar-refractivity contribution >= 4 is 34.7 Å². The number of imide groups is 1. The summed E-state index contributed by atoms with van der Waals surface area (Å²) in [6, 6.07) is 22.2. The van der Waals surface area contributed by atoms with Crippen LogP contribution in [0.2, 0.25) is 5.02 Å². The number of anilines is 1. The molecule has 2 amide bonds. The number of nitrogens with zero attached hydrogens (tertiary/aromatic N) is 2. The van der Waals surface area contributed by atoms with Gasteiger partial charge in [0.1, 0.15) is 11.4 Å². The molecule has 2 heterocycles. The summed E-state index contributed by atoms with van der Waals surface area (Å²) >= 11 is 6.08. The SMILES string of the molecule is COc1ccc(N2C(=O)C(c3ccc(Cl)cc3)=C(N3CCc4ccccc4C3)C2=O)cc1. The number of hydrogen-bond donors (Lipinski definition) is 0. The van der Waals surface area contributed by atoms with Crippen LogP contribution in [-0.4, -0.2) is 30.4 Å². The summed E-state index contributed by atoms with van der Waals surface area (Å²) in [6.45, 7) is 1.25. The third-order valence-corrected chi connectivity index (χ3v) is 6.22. The molecular formula is C26H21ClN2O3. The first kappa shape index (κ1) is 20.3. The van der Waals surface area contributed by atoms with Crippen LogP contribution in [0.5, 0.6) is 5.75 Å². The minimum Gasteiger partial charge on any atom is -0.497 e. The smallest absolute Gasteiger partial charge is 0.282 e. The van der Waals surface area contributed by atoms with Crippen LogP contribution in [-0.2, 0) is 22.6 Å². The minimum atomic E-state index is -0.337. The van der Waals surface area contributed by atoms with Gasteiger partial charge in [0, 0.05) is 18.1 Å². The predicted molar refractivity (Wildman–Crippen MR) is 124 cm³/mol. The average molecular weight is 445 g/mol. The van der Waals surface area contributed by atoms with E-state index in [1.54, 1.807) is 55.6 Å². The predicted octanol–water partition coefficient (Wildman–Crippen LogP) is 4.69. The van der Waals surface area contributed by atoms with E-state index in [2.05, 4.69) is 12.1 Å². The lowest BCUT2D eigenvalue weighted by atomic mass is 9.98. The fourth-order valence-corrected chi connectivity index (χ4v) is 4.47. The van der Waals surface area contributed by atoms with Crippen LogP contribution < -0.4 is 9.64 Å². The van der Waals surface area contributed by atoms with Crippen molar-refractivity contribution in [2.75, 3.05) is 18.6 Å². The number of carbonyl (C=O) groups excluding carboxylic acids is 2. The third-order valence-electron chi connectivity index (χ3n) is 5.97. The van der Waals surface area contributed by atoms with Gasteiger partial charge in [-0.3, -0.25) is 9.59 Å². The molecule has 3 aromatic rings. The van der Waals surface area contributed by atoms with Crippen molar-refractivity contribution in [3.8, 4) is 5.75 Å². The lowest BCUT2D eigenvalue weighted by molar-refractivity contribution is -0.120. The Balaban J connectivity index is 1.60. The Morgan fingerprint density at radius 1 is 0.844 bits per heavy atom. The molecule has 0 unspecified atom stereocenters. The largest absolute Gasteiger partial charge is 0.497 e. The van der Waals surface area contributed by atoms with Gasteiger partial charge in [-0.2, -0.15) is 0 Å². The number of halogens is 1. The lowest BCUT2D eigenvalue weighted by Gasteiger charge is -2.31. The Hall–Kier alpha value is -3.57. The summed E-state index contributed by atoms with van der Waals surface area (Å²) in [5, 5.41) is 0.576. The summed E-state index contributed by atoms with van der Waals surface area (Å²) < 4.78 is 5.22. The molecule has 2 aliphatic rings. The van der Waals surface area contributed by atoms with Gasteiger partial charge in [0.15, 0.2) is 0 Å². The molecule has 0 bridgehead atoms. The van der Waals surface area contributed by atoms with Crippen LogP contribution >= 0.6 is 11.6 Å². The van der Waals surface area contributed by atoms with Gasteiger partial charge in [0.2, 0.25) is 0 Å². The molecule has 6 heteroatoms. The topological polar surface area (TPSA) is 49.9 Å². The zero-order valence-electron chi connectivity index (χ0n) is 17.5. The molecule has 160 valence electrons. The van der Waals surface area contributed by atoms with Crippen LogP contribution in [0.3, 0.4) is 0 Å². The molecule has 3 aromatic carbocycles. The first-order chi connectivity index (χ1) is 15.6. The monoisotopic (exact) mass is 444 g/mol. The van der Waals surface area contributed by atoms with E-state index in [-0.39, 0.29) is 11.8 Å². The van der Waals surface area contributed by atoms with Crippen LogP contribution in [0.25, 0.3) is 5.57 Å². The second-order valence-corrected chi connectivity index (χ2v) is 8.25. The number of amides is 2. The highest BCUT2D eigenvalue weighted by atomic mass is 35.5. The molecule has 0 aromatic heterocycles. The van der Waals surface area contributed by atoms with Crippen molar-refractivity contribution in [1.29, 1.82) is 0 Å². The Kier molecular flexibility index (Phi) is 5.19. The molecule has 0 saturated carbocycles.